The summed E-state index contributed by atoms with van der Waals surface area (Å²) in [5.74, 6) is 0.00820. The van der Waals surface area contributed by atoms with E-state index in [0.29, 0.717) is 45.7 Å². The van der Waals surface area contributed by atoms with Gasteiger partial charge in [0.2, 0.25) is 5.95 Å². The monoisotopic (exact) mass is 531 g/mol. The number of rotatable bonds is 12. The summed E-state index contributed by atoms with van der Waals surface area (Å²) in [6, 6.07) is 12.7. The Kier molecular flexibility index (Phi) is 9.50. The molecule has 0 atom stereocenters. The number of aromatic nitrogens is 2. The Balaban J connectivity index is 1.77. The molecule has 0 aliphatic carbocycles. The summed E-state index contributed by atoms with van der Waals surface area (Å²) < 4.78 is 45.4. The fraction of sp³-hybridized carbons (Fsp3) is 0.320. The van der Waals surface area contributed by atoms with E-state index in [1.54, 1.807) is 42.6 Å². The van der Waals surface area contributed by atoms with Crippen LogP contribution in [-0.4, -0.2) is 68.0 Å². The Bertz CT molecular complexity index is 1320. The molecular formula is C25H30FN5O5S. The molecule has 0 aliphatic rings. The van der Waals surface area contributed by atoms with Gasteiger partial charge in [-0.1, -0.05) is 0 Å². The maximum Gasteiger partial charge on any atom is 0.323 e. The number of anilines is 2. The first-order chi connectivity index (χ1) is 17.6. The first kappa shape index (κ1) is 28.0. The lowest BCUT2D eigenvalue weighted by atomic mass is 10.1. The highest BCUT2D eigenvalue weighted by Crippen LogP contribution is 2.27. The average molecular weight is 532 g/mol. The summed E-state index contributed by atoms with van der Waals surface area (Å²) in [5.41, 5.74) is 2.22. The zero-order chi connectivity index (χ0) is 27.0. The van der Waals surface area contributed by atoms with Crippen molar-refractivity contribution in [1.82, 2.24) is 19.3 Å². The van der Waals surface area contributed by atoms with E-state index in [0.717, 1.165) is 6.92 Å². The summed E-state index contributed by atoms with van der Waals surface area (Å²) >= 11 is 0. The summed E-state index contributed by atoms with van der Waals surface area (Å²) in [7, 11) is 1.15. The largest absolute Gasteiger partial charge is 0.496 e. The molecular weight excluding hydrogens is 501 g/mol. The maximum atomic E-state index is 13.4. The molecule has 0 amide bonds. The minimum absolute atomic E-state index is 0.0240. The van der Waals surface area contributed by atoms with Crippen LogP contribution in [0.15, 0.2) is 59.6 Å². The third kappa shape index (κ3) is 7.44. The number of halogens is 1. The van der Waals surface area contributed by atoms with Crippen molar-refractivity contribution in [1.29, 1.82) is 0 Å². The third-order valence-corrected chi connectivity index (χ3v) is 6.89. The van der Waals surface area contributed by atoms with Crippen molar-refractivity contribution in [2.45, 2.75) is 24.9 Å². The van der Waals surface area contributed by atoms with Crippen LogP contribution >= 0.6 is 0 Å². The van der Waals surface area contributed by atoms with Gasteiger partial charge in [0.25, 0.3) is 10.0 Å². The van der Waals surface area contributed by atoms with Crippen molar-refractivity contribution in [2.24, 2.45) is 0 Å². The van der Waals surface area contributed by atoms with E-state index in [2.05, 4.69) is 15.3 Å². The highest BCUT2D eigenvalue weighted by molar-refractivity contribution is 7.89. The van der Waals surface area contributed by atoms with E-state index in [1.807, 2.05) is 19.0 Å². The number of carbonyl (C=O) groups excluding carboxylic acids is 1. The van der Waals surface area contributed by atoms with E-state index in [9.17, 15) is 17.6 Å². The molecule has 0 fully saturated rings. The predicted octanol–water partition coefficient (Wildman–Crippen LogP) is 3.79. The molecule has 3 rings (SSSR count). The van der Waals surface area contributed by atoms with Crippen LogP contribution in [0.1, 0.15) is 18.9 Å². The molecule has 0 unspecified atom stereocenters. The lowest BCUT2D eigenvalue weighted by Crippen LogP contribution is -2.35. The standard InChI is InChI=1S/C25H30FN5O5S/c1-18(32)36-31(15-5-14-30(2)3)37(33,34)22-9-7-21(8-10-22)28-25-27-13-12-23(29-25)19-6-11-24(35-4)20(16-19)17-26/h6-13,16H,5,14-15,17H2,1-4H3,(H,27,28,29). The Morgan fingerprint density at radius 3 is 2.43 bits per heavy atom. The van der Waals surface area contributed by atoms with Crippen molar-refractivity contribution in [3.63, 3.8) is 0 Å². The predicted molar refractivity (Wildman–Crippen MR) is 137 cm³/mol. The van der Waals surface area contributed by atoms with Crippen molar-refractivity contribution in [3.8, 4) is 17.0 Å². The fourth-order valence-electron chi connectivity index (χ4n) is 3.45. The number of nitrogens with zero attached hydrogens (tertiary/aromatic N) is 4. The van der Waals surface area contributed by atoms with Crippen LogP contribution in [0.25, 0.3) is 11.3 Å². The lowest BCUT2D eigenvalue weighted by Gasteiger charge is -2.21. The molecule has 0 bridgehead atoms. The number of hydrogen-bond acceptors (Lipinski definition) is 9. The first-order valence-electron chi connectivity index (χ1n) is 11.4. The molecule has 198 valence electrons. The number of hydroxylamine groups is 1. The molecule has 1 heterocycles. The van der Waals surface area contributed by atoms with Gasteiger partial charge in [0.05, 0.1) is 24.2 Å². The fourth-order valence-corrected chi connectivity index (χ4v) is 4.74. The van der Waals surface area contributed by atoms with Crippen molar-refractivity contribution in [2.75, 3.05) is 39.6 Å². The number of ether oxygens (including phenoxy) is 1. The average Bonchev–Trinajstić information content (AvgIpc) is 2.87. The molecule has 0 spiro atoms. The van der Waals surface area contributed by atoms with Crippen LogP contribution in [0, 0.1) is 0 Å². The zero-order valence-corrected chi connectivity index (χ0v) is 22.0. The SMILES string of the molecule is COc1ccc(-c2ccnc(Nc3ccc(S(=O)(=O)N(CCCN(C)C)OC(C)=O)cc3)n2)cc1CF. The van der Waals surface area contributed by atoms with Gasteiger partial charge in [-0.05, 0) is 80.1 Å². The molecule has 37 heavy (non-hydrogen) atoms. The Hall–Kier alpha value is -3.61. The van der Waals surface area contributed by atoms with Gasteiger partial charge >= 0.3 is 5.97 Å². The van der Waals surface area contributed by atoms with Gasteiger partial charge in [-0.2, -0.15) is 0 Å². The van der Waals surface area contributed by atoms with E-state index in [-0.39, 0.29) is 17.4 Å². The van der Waals surface area contributed by atoms with Crippen LogP contribution in [0.3, 0.4) is 0 Å². The van der Waals surface area contributed by atoms with Gasteiger partial charge in [-0.15, -0.1) is 0 Å². The number of hydrogen-bond donors (Lipinski definition) is 1. The highest BCUT2D eigenvalue weighted by atomic mass is 32.2. The number of nitrogens with one attached hydrogen (secondary N) is 1. The van der Waals surface area contributed by atoms with Crippen molar-refractivity contribution in [3.05, 3.63) is 60.3 Å². The third-order valence-electron chi connectivity index (χ3n) is 5.23. The van der Waals surface area contributed by atoms with Crippen molar-refractivity contribution >= 4 is 27.6 Å². The quantitative estimate of drug-likeness (QED) is 0.349. The van der Waals surface area contributed by atoms with Gasteiger partial charge in [0.15, 0.2) is 0 Å². The van der Waals surface area contributed by atoms with E-state index in [4.69, 9.17) is 9.57 Å². The number of alkyl halides is 1. The Morgan fingerprint density at radius 1 is 1.08 bits per heavy atom. The molecule has 0 saturated carbocycles. The summed E-state index contributed by atoms with van der Waals surface area (Å²) in [5, 5.41) is 3.03. The lowest BCUT2D eigenvalue weighted by molar-refractivity contribution is -0.166. The number of sulfonamides is 1. The Labute approximate surface area is 216 Å². The minimum Gasteiger partial charge on any atom is -0.496 e. The van der Waals surface area contributed by atoms with Crippen LogP contribution < -0.4 is 10.1 Å². The molecule has 1 aromatic heterocycles. The molecule has 12 heteroatoms. The van der Waals surface area contributed by atoms with E-state index in [1.165, 1.54) is 19.2 Å². The molecule has 0 saturated heterocycles. The van der Waals surface area contributed by atoms with Crippen LogP contribution in [0.4, 0.5) is 16.0 Å². The molecule has 0 radical (unpaired) electrons. The maximum absolute atomic E-state index is 13.4. The van der Waals surface area contributed by atoms with Gasteiger partial charge < -0.3 is 19.8 Å². The van der Waals surface area contributed by atoms with Crippen LogP contribution in [0.5, 0.6) is 5.75 Å². The van der Waals surface area contributed by atoms with E-state index < -0.39 is 22.7 Å². The second-order valence-corrected chi connectivity index (χ2v) is 10.2. The van der Waals surface area contributed by atoms with Gasteiger partial charge in [-0.25, -0.2) is 22.8 Å². The summed E-state index contributed by atoms with van der Waals surface area (Å²) in [6.07, 6.45) is 2.04. The number of methoxy groups -OCH3 is 1. The minimum atomic E-state index is -4.07. The number of benzene rings is 2. The second-order valence-electron chi connectivity index (χ2n) is 8.35. The van der Waals surface area contributed by atoms with Gasteiger partial charge in [0.1, 0.15) is 12.4 Å². The first-order valence-corrected chi connectivity index (χ1v) is 12.9. The molecule has 3 aromatic rings. The topological polar surface area (TPSA) is 114 Å². The molecule has 2 aromatic carbocycles. The summed E-state index contributed by atoms with van der Waals surface area (Å²) in [6.45, 7) is 1.13. The van der Waals surface area contributed by atoms with Crippen molar-refractivity contribution < 1.29 is 27.2 Å². The van der Waals surface area contributed by atoms with Gasteiger partial charge in [-0.3, -0.25) is 4.79 Å². The zero-order valence-electron chi connectivity index (χ0n) is 21.1. The van der Waals surface area contributed by atoms with Gasteiger partial charge in [0, 0.05) is 29.9 Å². The van der Waals surface area contributed by atoms with E-state index >= 15 is 0 Å². The smallest absolute Gasteiger partial charge is 0.323 e. The Morgan fingerprint density at radius 2 is 1.81 bits per heavy atom. The highest BCUT2D eigenvalue weighted by Gasteiger charge is 2.27. The molecule has 1 N–H and O–H groups in total. The molecule has 0 aliphatic heterocycles. The van der Waals surface area contributed by atoms with Crippen LogP contribution in [0.2, 0.25) is 0 Å². The summed E-state index contributed by atoms with van der Waals surface area (Å²) in [4.78, 5) is 27.0. The normalized spacial score (nSPS) is 11.5. The van der Waals surface area contributed by atoms with Crippen LogP contribution in [-0.2, 0) is 26.3 Å². The molecule has 10 nitrogen and oxygen atoms in total. The number of carbonyl (C=O) groups is 1. The second kappa shape index (κ2) is 12.6.